The van der Waals surface area contributed by atoms with E-state index in [1.807, 2.05) is 26.1 Å². The van der Waals surface area contributed by atoms with Gasteiger partial charge in [-0.05, 0) is 18.6 Å². The molecule has 1 aromatic rings. The fourth-order valence-corrected chi connectivity index (χ4v) is 2.89. The van der Waals surface area contributed by atoms with Crippen LogP contribution in [-0.4, -0.2) is 45.2 Å². The second-order valence-electron chi connectivity index (χ2n) is 5.27. The van der Waals surface area contributed by atoms with E-state index in [1.54, 1.807) is 4.90 Å². The standard InChI is InChI=1S/C15H21N3O2/c1-3-12-15(19)17(2)14-11(5-4-6-13(14)20-12)18-9-7-16-8-10-18/h4-6,12,16H,3,7-10H2,1-2H3. The quantitative estimate of drug-likeness (QED) is 0.882. The molecule has 2 aliphatic heterocycles. The summed E-state index contributed by atoms with van der Waals surface area (Å²) in [6, 6.07) is 6.03. The van der Waals surface area contributed by atoms with Crippen LogP contribution in [0.1, 0.15) is 13.3 Å². The first kappa shape index (κ1) is 13.2. The highest BCUT2D eigenvalue weighted by atomic mass is 16.5. The van der Waals surface area contributed by atoms with Gasteiger partial charge in [-0.3, -0.25) is 4.79 Å². The van der Waals surface area contributed by atoms with Gasteiger partial charge in [-0.25, -0.2) is 0 Å². The number of para-hydroxylation sites is 1. The monoisotopic (exact) mass is 275 g/mol. The van der Waals surface area contributed by atoms with E-state index in [4.69, 9.17) is 4.74 Å². The van der Waals surface area contributed by atoms with Gasteiger partial charge in [-0.15, -0.1) is 0 Å². The zero-order valence-corrected chi connectivity index (χ0v) is 12.1. The summed E-state index contributed by atoms with van der Waals surface area (Å²) in [5.41, 5.74) is 2.00. The van der Waals surface area contributed by atoms with Crippen LogP contribution in [-0.2, 0) is 4.79 Å². The minimum Gasteiger partial charge on any atom is -0.478 e. The third-order valence-corrected chi connectivity index (χ3v) is 4.02. The fourth-order valence-electron chi connectivity index (χ4n) is 2.89. The molecular weight excluding hydrogens is 254 g/mol. The summed E-state index contributed by atoms with van der Waals surface area (Å²) in [5.74, 6) is 0.859. The average Bonchev–Trinajstić information content (AvgIpc) is 2.51. The van der Waals surface area contributed by atoms with Gasteiger partial charge < -0.3 is 19.9 Å². The summed E-state index contributed by atoms with van der Waals surface area (Å²) in [6.07, 6.45) is 0.339. The molecule has 0 bridgehead atoms. The number of piperazine rings is 1. The van der Waals surface area contributed by atoms with Gasteiger partial charge in [-0.1, -0.05) is 13.0 Å². The Kier molecular flexibility index (Phi) is 3.53. The van der Waals surface area contributed by atoms with Crippen LogP contribution in [0.15, 0.2) is 18.2 Å². The molecule has 1 saturated heterocycles. The molecule has 0 spiro atoms. The van der Waals surface area contributed by atoms with E-state index in [1.165, 1.54) is 0 Å². The van der Waals surface area contributed by atoms with Crippen molar-refractivity contribution in [1.82, 2.24) is 5.32 Å². The Hall–Kier alpha value is -1.75. The number of likely N-dealkylation sites (N-methyl/N-ethyl adjacent to an activating group) is 1. The number of carbonyl (C=O) groups is 1. The first-order chi connectivity index (χ1) is 9.72. The lowest BCUT2D eigenvalue weighted by Gasteiger charge is -2.37. The molecule has 3 rings (SSSR count). The number of nitrogens with one attached hydrogen (secondary N) is 1. The van der Waals surface area contributed by atoms with Crippen molar-refractivity contribution < 1.29 is 9.53 Å². The Morgan fingerprint density at radius 1 is 1.35 bits per heavy atom. The Morgan fingerprint density at radius 3 is 2.80 bits per heavy atom. The topological polar surface area (TPSA) is 44.8 Å². The predicted octanol–water partition coefficient (Wildman–Crippen LogP) is 1.23. The SMILES string of the molecule is CCC1Oc2cccc(N3CCNCC3)c2N(C)C1=O. The third-order valence-electron chi connectivity index (χ3n) is 4.02. The van der Waals surface area contributed by atoms with Crippen molar-refractivity contribution in [3.05, 3.63) is 18.2 Å². The van der Waals surface area contributed by atoms with Gasteiger partial charge in [0.25, 0.3) is 5.91 Å². The van der Waals surface area contributed by atoms with Crippen LogP contribution in [0.2, 0.25) is 0 Å². The van der Waals surface area contributed by atoms with E-state index in [0.29, 0.717) is 6.42 Å². The van der Waals surface area contributed by atoms with Gasteiger partial charge in [0.1, 0.15) is 11.4 Å². The first-order valence-corrected chi connectivity index (χ1v) is 7.25. The maximum atomic E-state index is 12.3. The Balaban J connectivity index is 2.00. The molecule has 1 amide bonds. The van der Waals surface area contributed by atoms with Crippen LogP contribution in [0.5, 0.6) is 5.75 Å². The van der Waals surface area contributed by atoms with Crippen molar-refractivity contribution in [1.29, 1.82) is 0 Å². The molecule has 1 N–H and O–H groups in total. The highest BCUT2D eigenvalue weighted by Crippen LogP contribution is 2.41. The number of anilines is 2. The summed E-state index contributed by atoms with van der Waals surface area (Å²) in [6.45, 7) is 5.83. The van der Waals surface area contributed by atoms with Crippen LogP contribution < -0.4 is 19.9 Å². The van der Waals surface area contributed by atoms with E-state index in [9.17, 15) is 4.79 Å². The molecule has 5 nitrogen and oxygen atoms in total. The third kappa shape index (κ3) is 2.12. The maximum Gasteiger partial charge on any atom is 0.267 e. The summed E-state index contributed by atoms with van der Waals surface area (Å²) in [5, 5.41) is 3.35. The molecule has 0 aromatic heterocycles. The summed E-state index contributed by atoms with van der Waals surface area (Å²) >= 11 is 0. The summed E-state index contributed by atoms with van der Waals surface area (Å²) in [7, 11) is 1.85. The fraction of sp³-hybridized carbons (Fsp3) is 0.533. The number of fused-ring (bicyclic) bond motifs is 1. The molecule has 108 valence electrons. The van der Waals surface area contributed by atoms with Gasteiger partial charge in [0.2, 0.25) is 0 Å². The number of nitrogens with zero attached hydrogens (tertiary/aromatic N) is 2. The van der Waals surface area contributed by atoms with E-state index in [2.05, 4.69) is 16.3 Å². The van der Waals surface area contributed by atoms with Crippen LogP contribution in [0.4, 0.5) is 11.4 Å². The smallest absolute Gasteiger partial charge is 0.267 e. The van der Waals surface area contributed by atoms with Crippen molar-refractivity contribution in [2.45, 2.75) is 19.4 Å². The van der Waals surface area contributed by atoms with Gasteiger partial charge in [-0.2, -0.15) is 0 Å². The molecule has 1 unspecified atom stereocenters. The molecule has 1 aromatic carbocycles. The molecule has 0 saturated carbocycles. The maximum absolute atomic E-state index is 12.3. The predicted molar refractivity (Wildman–Crippen MR) is 79.6 cm³/mol. The number of benzene rings is 1. The van der Waals surface area contributed by atoms with Crippen molar-refractivity contribution >= 4 is 17.3 Å². The zero-order valence-electron chi connectivity index (χ0n) is 12.1. The largest absolute Gasteiger partial charge is 0.478 e. The number of carbonyl (C=O) groups excluding carboxylic acids is 1. The molecule has 5 heteroatoms. The molecule has 2 heterocycles. The van der Waals surface area contributed by atoms with Gasteiger partial charge in [0, 0.05) is 33.2 Å². The van der Waals surface area contributed by atoms with Crippen molar-refractivity contribution in [2.24, 2.45) is 0 Å². The lowest BCUT2D eigenvalue weighted by Crippen LogP contribution is -2.47. The normalized spacial score (nSPS) is 22.5. The molecule has 0 radical (unpaired) electrons. The lowest BCUT2D eigenvalue weighted by atomic mass is 10.1. The minimum atomic E-state index is -0.356. The Bertz CT molecular complexity index is 512. The molecular formula is C15H21N3O2. The average molecular weight is 275 g/mol. The Labute approximate surface area is 119 Å². The highest BCUT2D eigenvalue weighted by molar-refractivity contribution is 6.03. The van der Waals surface area contributed by atoms with Crippen molar-refractivity contribution in [2.75, 3.05) is 43.0 Å². The summed E-state index contributed by atoms with van der Waals surface area (Å²) in [4.78, 5) is 16.4. The van der Waals surface area contributed by atoms with Crippen LogP contribution in [0.25, 0.3) is 0 Å². The van der Waals surface area contributed by atoms with Gasteiger partial charge in [0.05, 0.1) is 5.69 Å². The number of ether oxygens (including phenoxy) is 1. The Morgan fingerprint density at radius 2 is 2.10 bits per heavy atom. The molecule has 0 aliphatic carbocycles. The lowest BCUT2D eigenvalue weighted by molar-refractivity contribution is -0.126. The molecule has 1 fully saturated rings. The van der Waals surface area contributed by atoms with E-state index < -0.39 is 0 Å². The van der Waals surface area contributed by atoms with Crippen LogP contribution in [0, 0.1) is 0 Å². The number of hydrogen-bond donors (Lipinski definition) is 1. The number of amides is 1. The molecule has 1 atom stereocenters. The molecule has 20 heavy (non-hydrogen) atoms. The number of hydrogen-bond acceptors (Lipinski definition) is 4. The van der Waals surface area contributed by atoms with Crippen LogP contribution >= 0.6 is 0 Å². The highest BCUT2D eigenvalue weighted by Gasteiger charge is 2.33. The van der Waals surface area contributed by atoms with E-state index >= 15 is 0 Å². The van der Waals surface area contributed by atoms with E-state index in [0.717, 1.165) is 43.3 Å². The minimum absolute atomic E-state index is 0.0441. The van der Waals surface area contributed by atoms with Gasteiger partial charge in [0.15, 0.2) is 6.10 Å². The van der Waals surface area contributed by atoms with Gasteiger partial charge >= 0.3 is 0 Å². The zero-order chi connectivity index (χ0) is 14.1. The number of rotatable bonds is 2. The van der Waals surface area contributed by atoms with E-state index in [-0.39, 0.29) is 12.0 Å². The van der Waals surface area contributed by atoms with Crippen LogP contribution in [0.3, 0.4) is 0 Å². The van der Waals surface area contributed by atoms with Crippen molar-refractivity contribution in [3.8, 4) is 5.75 Å². The first-order valence-electron chi connectivity index (χ1n) is 7.25. The van der Waals surface area contributed by atoms with Crippen molar-refractivity contribution in [3.63, 3.8) is 0 Å². The molecule has 2 aliphatic rings. The summed E-state index contributed by atoms with van der Waals surface area (Å²) < 4.78 is 5.86. The second kappa shape index (κ2) is 5.32. The second-order valence-corrected chi connectivity index (χ2v) is 5.27.